The van der Waals surface area contributed by atoms with Crippen LogP contribution in [-0.2, 0) is 16.0 Å². The van der Waals surface area contributed by atoms with Crippen LogP contribution in [0.2, 0.25) is 0 Å². The second kappa shape index (κ2) is 11.5. The largest absolute Gasteiger partial charge is 0.419 e. The Morgan fingerprint density at radius 2 is 2.00 bits per heavy atom. The van der Waals surface area contributed by atoms with E-state index in [4.69, 9.17) is 0 Å². The molecule has 27 heavy (non-hydrogen) atoms. The van der Waals surface area contributed by atoms with Crippen molar-refractivity contribution in [1.29, 1.82) is 0 Å². The lowest BCUT2D eigenvalue weighted by atomic mass is 10.2. The molecule has 1 rings (SSSR count). The minimum atomic E-state index is -4.48. The summed E-state index contributed by atoms with van der Waals surface area (Å²) in [6.45, 7) is 2.31. The number of nitrogens with one attached hydrogen (secondary N) is 3. The number of hydrogen-bond acceptors (Lipinski definition) is 5. The highest BCUT2D eigenvalue weighted by atomic mass is 127. The molecular formula is C15H25F3IN5O2S. The average Bonchev–Trinajstić information content (AvgIpc) is 2.54. The van der Waals surface area contributed by atoms with E-state index in [9.17, 15) is 21.6 Å². The minimum Gasteiger partial charge on any atom is -0.368 e. The lowest BCUT2D eigenvalue weighted by molar-refractivity contribution is -0.137. The van der Waals surface area contributed by atoms with Crippen molar-refractivity contribution in [2.45, 2.75) is 25.6 Å². The fraction of sp³-hybridized carbons (Fsp3) is 0.600. The molecule has 1 atom stereocenters. The molecule has 0 aromatic carbocycles. The van der Waals surface area contributed by atoms with E-state index in [0.717, 1.165) is 6.07 Å². The molecule has 1 aromatic heterocycles. The summed E-state index contributed by atoms with van der Waals surface area (Å²) in [6, 6.07) is 2.07. The highest BCUT2D eigenvalue weighted by Crippen LogP contribution is 2.33. The molecule has 3 N–H and O–H groups in total. The van der Waals surface area contributed by atoms with Crippen LogP contribution in [0.1, 0.15) is 18.9 Å². The second-order valence-corrected chi connectivity index (χ2v) is 8.05. The lowest BCUT2D eigenvalue weighted by Crippen LogP contribution is -2.44. The third-order valence-corrected chi connectivity index (χ3v) is 4.33. The molecule has 1 aromatic rings. The van der Waals surface area contributed by atoms with Crippen molar-refractivity contribution in [1.82, 2.24) is 15.6 Å². The third kappa shape index (κ3) is 10.6. The van der Waals surface area contributed by atoms with Gasteiger partial charge in [0, 0.05) is 38.6 Å². The number of hydrogen-bond donors (Lipinski definition) is 3. The van der Waals surface area contributed by atoms with Crippen LogP contribution in [0.3, 0.4) is 0 Å². The molecule has 0 saturated carbocycles. The van der Waals surface area contributed by atoms with Gasteiger partial charge in [-0.25, -0.2) is 13.4 Å². The zero-order chi connectivity index (χ0) is 19.8. The van der Waals surface area contributed by atoms with Gasteiger partial charge >= 0.3 is 6.18 Å². The Morgan fingerprint density at radius 3 is 2.56 bits per heavy atom. The van der Waals surface area contributed by atoms with E-state index in [1.54, 1.807) is 7.05 Å². The highest BCUT2D eigenvalue weighted by molar-refractivity contribution is 14.0. The number of guanidine groups is 1. The number of aliphatic imine (C=N–C) groups is 1. The summed E-state index contributed by atoms with van der Waals surface area (Å²) < 4.78 is 61.0. The van der Waals surface area contributed by atoms with E-state index < -0.39 is 21.6 Å². The molecule has 0 saturated heterocycles. The Bertz CT molecular complexity index is 714. The van der Waals surface area contributed by atoms with Crippen molar-refractivity contribution in [2.24, 2.45) is 4.99 Å². The number of nitrogens with zero attached hydrogens (tertiary/aromatic N) is 2. The van der Waals surface area contributed by atoms with Crippen molar-refractivity contribution in [3.05, 3.63) is 23.9 Å². The first-order valence-electron chi connectivity index (χ1n) is 7.94. The number of rotatable bonds is 8. The molecule has 0 aliphatic rings. The second-order valence-electron chi connectivity index (χ2n) is 5.79. The predicted octanol–water partition coefficient (Wildman–Crippen LogP) is 2.12. The van der Waals surface area contributed by atoms with Gasteiger partial charge in [0.05, 0.1) is 11.3 Å². The molecule has 1 unspecified atom stereocenters. The van der Waals surface area contributed by atoms with Gasteiger partial charge < -0.3 is 16.0 Å². The van der Waals surface area contributed by atoms with Gasteiger partial charge in [-0.3, -0.25) is 4.99 Å². The molecule has 0 fully saturated rings. The monoisotopic (exact) mass is 523 g/mol. The number of sulfone groups is 1. The number of anilines is 1. The predicted molar refractivity (Wildman–Crippen MR) is 111 cm³/mol. The van der Waals surface area contributed by atoms with Gasteiger partial charge in [-0.15, -0.1) is 24.0 Å². The van der Waals surface area contributed by atoms with Crippen LogP contribution in [0, 0.1) is 0 Å². The van der Waals surface area contributed by atoms with Crippen LogP contribution in [0.4, 0.5) is 19.0 Å². The molecule has 0 aliphatic heterocycles. The fourth-order valence-corrected chi connectivity index (χ4v) is 2.81. The highest BCUT2D eigenvalue weighted by Gasteiger charge is 2.33. The van der Waals surface area contributed by atoms with Gasteiger partial charge in [0.25, 0.3) is 0 Å². The van der Waals surface area contributed by atoms with Crippen LogP contribution in [0.15, 0.2) is 23.3 Å². The molecular weight excluding hydrogens is 498 g/mol. The van der Waals surface area contributed by atoms with Crippen molar-refractivity contribution in [3.8, 4) is 0 Å². The summed E-state index contributed by atoms with van der Waals surface area (Å²) in [4.78, 5) is 7.71. The van der Waals surface area contributed by atoms with Gasteiger partial charge in [0.15, 0.2) is 5.96 Å². The fourth-order valence-electron chi connectivity index (χ4n) is 2.03. The Balaban J connectivity index is 0.00000676. The van der Waals surface area contributed by atoms with Crippen molar-refractivity contribution >= 4 is 45.6 Å². The van der Waals surface area contributed by atoms with E-state index in [0.29, 0.717) is 18.9 Å². The van der Waals surface area contributed by atoms with Gasteiger partial charge in [-0.1, -0.05) is 0 Å². The summed E-state index contributed by atoms with van der Waals surface area (Å²) in [5, 5.41) is 8.61. The van der Waals surface area contributed by atoms with E-state index in [1.807, 2.05) is 6.92 Å². The number of pyridine rings is 1. The first-order valence-corrected chi connectivity index (χ1v) is 10.00. The molecule has 1 heterocycles. The van der Waals surface area contributed by atoms with Gasteiger partial charge in [0.1, 0.15) is 15.7 Å². The first kappa shape index (κ1) is 25.7. The average molecular weight is 523 g/mol. The van der Waals surface area contributed by atoms with Crippen LogP contribution in [0.25, 0.3) is 0 Å². The molecule has 0 radical (unpaired) electrons. The third-order valence-electron chi connectivity index (χ3n) is 3.35. The quantitative estimate of drug-likeness (QED) is 0.209. The Kier molecular flexibility index (Phi) is 11.0. The van der Waals surface area contributed by atoms with E-state index >= 15 is 0 Å². The standard InChI is InChI=1S/C15H24F3N5O2S.HI/c1-11(6-10-26(3,24)25)23-14(19-2)22-9-8-21-13-12(15(16,17)18)5-4-7-20-13;/h4-5,7,11H,6,8-10H2,1-3H3,(H,20,21)(H2,19,22,23);1H. The van der Waals surface area contributed by atoms with Crippen molar-refractivity contribution in [3.63, 3.8) is 0 Å². The van der Waals surface area contributed by atoms with Crippen LogP contribution in [0.5, 0.6) is 0 Å². The SMILES string of the molecule is CN=C(NCCNc1ncccc1C(F)(F)F)NC(C)CCS(C)(=O)=O.I. The molecule has 12 heteroatoms. The molecule has 0 spiro atoms. The smallest absolute Gasteiger partial charge is 0.368 e. The van der Waals surface area contributed by atoms with E-state index in [-0.39, 0.29) is 48.1 Å². The number of halogens is 4. The maximum Gasteiger partial charge on any atom is 0.419 e. The topological polar surface area (TPSA) is 95.5 Å². The normalized spacial score (nSPS) is 13.5. The van der Waals surface area contributed by atoms with Gasteiger partial charge in [-0.05, 0) is 25.5 Å². The minimum absolute atomic E-state index is 0. The van der Waals surface area contributed by atoms with E-state index in [2.05, 4.69) is 25.9 Å². The summed E-state index contributed by atoms with van der Waals surface area (Å²) in [6.07, 6.45) is -1.60. The molecule has 7 nitrogen and oxygen atoms in total. The van der Waals surface area contributed by atoms with Crippen LogP contribution in [-0.4, -0.2) is 57.5 Å². The maximum absolute atomic E-state index is 12.9. The number of aromatic nitrogens is 1. The molecule has 0 aliphatic carbocycles. The molecule has 0 amide bonds. The van der Waals surface area contributed by atoms with Crippen molar-refractivity contribution in [2.75, 3.05) is 37.5 Å². The van der Waals surface area contributed by atoms with Gasteiger partial charge in [0.2, 0.25) is 0 Å². The molecule has 0 bridgehead atoms. The lowest BCUT2D eigenvalue weighted by Gasteiger charge is -2.18. The summed E-state index contributed by atoms with van der Waals surface area (Å²) in [7, 11) is -1.49. The molecule has 156 valence electrons. The summed E-state index contributed by atoms with van der Waals surface area (Å²) in [5.41, 5.74) is -0.822. The van der Waals surface area contributed by atoms with Crippen LogP contribution >= 0.6 is 24.0 Å². The Morgan fingerprint density at radius 1 is 1.33 bits per heavy atom. The first-order chi connectivity index (χ1) is 12.0. The van der Waals surface area contributed by atoms with Crippen LogP contribution < -0.4 is 16.0 Å². The Hall–Kier alpha value is -1.31. The van der Waals surface area contributed by atoms with E-state index in [1.165, 1.54) is 18.5 Å². The summed E-state index contributed by atoms with van der Waals surface area (Å²) >= 11 is 0. The zero-order valence-corrected chi connectivity index (χ0v) is 18.4. The maximum atomic E-state index is 12.9. The zero-order valence-electron chi connectivity index (χ0n) is 15.3. The summed E-state index contributed by atoms with van der Waals surface area (Å²) in [5.74, 6) is 0.260. The van der Waals surface area contributed by atoms with Crippen molar-refractivity contribution < 1.29 is 21.6 Å². The van der Waals surface area contributed by atoms with Gasteiger partial charge in [-0.2, -0.15) is 13.2 Å². The number of alkyl halides is 3. The Labute approximate surface area is 174 Å².